The van der Waals surface area contributed by atoms with Crippen LogP contribution in [0, 0.1) is 0 Å². The van der Waals surface area contributed by atoms with Crippen molar-refractivity contribution in [2.75, 3.05) is 13.1 Å². The van der Waals surface area contributed by atoms with Crippen LogP contribution in [0.25, 0.3) is 11.0 Å². The number of H-pyrrole nitrogens is 1. The van der Waals surface area contributed by atoms with E-state index in [2.05, 4.69) is 20.6 Å². The predicted molar refractivity (Wildman–Crippen MR) is 75.7 cm³/mol. The molecular formula is C14H20N4O. The molecule has 1 aromatic carbocycles. The molecule has 2 aromatic rings. The average molecular weight is 260 g/mol. The summed E-state index contributed by atoms with van der Waals surface area (Å²) in [7, 11) is 0. The van der Waals surface area contributed by atoms with Gasteiger partial charge in [-0.3, -0.25) is 4.79 Å². The van der Waals surface area contributed by atoms with Gasteiger partial charge in [0.25, 0.3) is 0 Å². The van der Waals surface area contributed by atoms with Gasteiger partial charge in [0.05, 0.1) is 17.6 Å². The number of imidazole rings is 1. The van der Waals surface area contributed by atoms with E-state index < -0.39 is 0 Å². The van der Waals surface area contributed by atoms with E-state index in [9.17, 15) is 4.79 Å². The summed E-state index contributed by atoms with van der Waals surface area (Å²) in [5.41, 5.74) is 2.08. The highest BCUT2D eigenvalue weighted by Gasteiger charge is 2.00. The maximum absolute atomic E-state index is 10.7. The third-order valence-electron chi connectivity index (χ3n) is 2.89. The minimum Gasteiger partial charge on any atom is -0.356 e. The Hall–Kier alpha value is -1.88. The number of amides is 1. The standard InChI is InChI=1S/C14H20N4O/c1-11(19)16-9-5-4-8-15-10-14-17-12-6-2-3-7-13(12)18-14/h2-3,6-7,15H,4-5,8-10H2,1H3,(H,16,19)(H,17,18). The molecular weight excluding hydrogens is 240 g/mol. The van der Waals surface area contributed by atoms with Crippen molar-refractivity contribution in [1.29, 1.82) is 0 Å². The van der Waals surface area contributed by atoms with E-state index in [0.717, 1.165) is 49.3 Å². The highest BCUT2D eigenvalue weighted by atomic mass is 16.1. The van der Waals surface area contributed by atoms with Gasteiger partial charge in [0.15, 0.2) is 0 Å². The van der Waals surface area contributed by atoms with Crippen LogP contribution >= 0.6 is 0 Å². The maximum Gasteiger partial charge on any atom is 0.216 e. The Bertz CT molecular complexity index is 502. The number of aromatic nitrogens is 2. The van der Waals surface area contributed by atoms with Crippen LogP contribution in [-0.4, -0.2) is 29.0 Å². The molecule has 0 aliphatic carbocycles. The number of hydrogen-bond donors (Lipinski definition) is 3. The van der Waals surface area contributed by atoms with Gasteiger partial charge in [-0.15, -0.1) is 0 Å². The lowest BCUT2D eigenvalue weighted by Gasteiger charge is -2.03. The smallest absolute Gasteiger partial charge is 0.216 e. The van der Waals surface area contributed by atoms with Gasteiger partial charge in [0.1, 0.15) is 5.82 Å². The van der Waals surface area contributed by atoms with Crippen molar-refractivity contribution in [1.82, 2.24) is 20.6 Å². The quantitative estimate of drug-likeness (QED) is 0.662. The number of fused-ring (bicyclic) bond motifs is 1. The fourth-order valence-corrected chi connectivity index (χ4v) is 1.94. The molecule has 0 saturated heterocycles. The zero-order chi connectivity index (χ0) is 13.5. The normalized spacial score (nSPS) is 10.8. The van der Waals surface area contributed by atoms with Crippen LogP contribution in [-0.2, 0) is 11.3 Å². The van der Waals surface area contributed by atoms with E-state index in [4.69, 9.17) is 0 Å². The molecule has 0 aliphatic heterocycles. The largest absolute Gasteiger partial charge is 0.356 e. The van der Waals surface area contributed by atoms with Gasteiger partial charge in [-0.2, -0.15) is 0 Å². The molecule has 19 heavy (non-hydrogen) atoms. The Morgan fingerprint density at radius 1 is 1.26 bits per heavy atom. The number of carbonyl (C=O) groups excluding carboxylic acids is 1. The lowest BCUT2D eigenvalue weighted by molar-refractivity contribution is -0.118. The van der Waals surface area contributed by atoms with Gasteiger partial charge in [-0.1, -0.05) is 12.1 Å². The third kappa shape index (κ3) is 4.37. The monoisotopic (exact) mass is 260 g/mol. The molecule has 0 fully saturated rings. The molecule has 1 heterocycles. The summed E-state index contributed by atoms with van der Waals surface area (Å²) in [5, 5.41) is 6.13. The Morgan fingerprint density at radius 3 is 2.84 bits per heavy atom. The zero-order valence-electron chi connectivity index (χ0n) is 11.2. The molecule has 0 bridgehead atoms. The van der Waals surface area contributed by atoms with E-state index >= 15 is 0 Å². The topological polar surface area (TPSA) is 69.8 Å². The average Bonchev–Trinajstić information content (AvgIpc) is 2.79. The van der Waals surface area contributed by atoms with Gasteiger partial charge in [0, 0.05) is 13.5 Å². The van der Waals surface area contributed by atoms with Crippen LogP contribution in [0.4, 0.5) is 0 Å². The van der Waals surface area contributed by atoms with E-state index in [1.807, 2.05) is 24.3 Å². The molecule has 5 heteroatoms. The van der Waals surface area contributed by atoms with Crippen molar-refractivity contribution in [3.63, 3.8) is 0 Å². The van der Waals surface area contributed by atoms with Crippen LogP contribution in [0.3, 0.4) is 0 Å². The molecule has 0 unspecified atom stereocenters. The molecule has 0 atom stereocenters. The lowest BCUT2D eigenvalue weighted by atomic mass is 10.3. The number of nitrogens with zero attached hydrogens (tertiary/aromatic N) is 1. The Balaban J connectivity index is 1.64. The minimum absolute atomic E-state index is 0.0373. The van der Waals surface area contributed by atoms with Crippen LogP contribution in [0.5, 0.6) is 0 Å². The maximum atomic E-state index is 10.7. The van der Waals surface area contributed by atoms with E-state index in [1.165, 1.54) is 0 Å². The van der Waals surface area contributed by atoms with Crippen molar-refractivity contribution in [2.45, 2.75) is 26.3 Å². The molecule has 0 saturated carbocycles. The molecule has 102 valence electrons. The van der Waals surface area contributed by atoms with Gasteiger partial charge in [-0.25, -0.2) is 4.98 Å². The predicted octanol–water partition coefficient (Wildman–Crippen LogP) is 1.57. The number of nitrogens with one attached hydrogen (secondary N) is 3. The third-order valence-corrected chi connectivity index (χ3v) is 2.89. The first kappa shape index (κ1) is 13.5. The molecule has 0 spiro atoms. The Kier molecular flexibility index (Phi) is 4.92. The fraction of sp³-hybridized carbons (Fsp3) is 0.429. The summed E-state index contributed by atoms with van der Waals surface area (Å²) in [5.74, 6) is 0.998. The van der Waals surface area contributed by atoms with Crippen LogP contribution in [0.15, 0.2) is 24.3 Å². The van der Waals surface area contributed by atoms with E-state index in [1.54, 1.807) is 6.92 Å². The first-order valence-corrected chi connectivity index (χ1v) is 6.64. The number of para-hydroxylation sites is 2. The summed E-state index contributed by atoms with van der Waals surface area (Å²) in [6.45, 7) is 3.97. The highest BCUT2D eigenvalue weighted by molar-refractivity contribution is 5.74. The van der Waals surface area contributed by atoms with Crippen molar-refractivity contribution >= 4 is 16.9 Å². The van der Waals surface area contributed by atoms with Gasteiger partial charge < -0.3 is 15.6 Å². The van der Waals surface area contributed by atoms with Crippen molar-refractivity contribution in [3.05, 3.63) is 30.1 Å². The van der Waals surface area contributed by atoms with Crippen LogP contribution in [0.1, 0.15) is 25.6 Å². The second-order valence-electron chi connectivity index (χ2n) is 4.57. The Labute approximate surface area is 112 Å². The van der Waals surface area contributed by atoms with Gasteiger partial charge in [-0.05, 0) is 31.5 Å². The first-order valence-electron chi connectivity index (χ1n) is 6.64. The molecule has 2 rings (SSSR count). The number of hydrogen-bond acceptors (Lipinski definition) is 3. The minimum atomic E-state index is 0.0373. The SMILES string of the molecule is CC(=O)NCCCCNCc1nc2ccccc2[nH]1. The summed E-state index contributed by atoms with van der Waals surface area (Å²) in [4.78, 5) is 18.4. The van der Waals surface area contributed by atoms with E-state index in [0.29, 0.717) is 0 Å². The number of carbonyl (C=O) groups is 1. The number of aromatic amines is 1. The number of rotatable bonds is 7. The van der Waals surface area contributed by atoms with Gasteiger partial charge >= 0.3 is 0 Å². The molecule has 0 radical (unpaired) electrons. The summed E-state index contributed by atoms with van der Waals surface area (Å²) in [6.07, 6.45) is 2.03. The zero-order valence-corrected chi connectivity index (χ0v) is 11.2. The van der Waals surface area contributed by atoms with Crippen molar-refractivity contribution < 1.29 is 4.79 Å². The van der Waals surface area contributed by atoms with Gasteiger partial charge in [0.2, 0.25) is 5.91 Å². The first-order chi connectivity index (χ1) is 9.25. The number of benzene rings is 1. The summed E-state index contributed by atoms with van der Waals surface area (Å²) in [6, 6.07) is 8.02. The summed E-state index contributed by atoms with van der Waals surface area (Å²) >= 11 is 0. The van der Waals surface area contributed by atoms with Crippen LogP contribution in [0.2, 0.25) is 0 Å². The molecule has 5 nitrogen and oxygen atoms in total. The molecule has 1 aromatic heterocycles. The van der Waals surface area contributed by atoms with Crippen molar-refractivity contribution in [3.8, 4) is 0 Å². The molecule has 1 amide bonds. The summed E-state index contributed by atoms with van der Waals surface area (Å²) < 4.78 is 0. The highest BCUT2D eigenvalue weighted by Crippen LogP contribution is 2.09. The second kappa shape index (κ2) is 6.89. The molecule has 3 N–H and O–H groups in total. The lowest BCUT2D eigenvalue weighted by Crippen LogP contribution is -2.22. The van der Waals surface area contributed by atoms with Crippen LogP contribution < -0.4 is 10.6 Å². The fourth-order valence-electron chi connectivity index (χ4n) is 1.94. The second-order valence-corrected chi connectivity index (χ2v) is 4.57. The Morgan fingerprint density at radius 2 is 2.05 bits per heavy atom. The van der Waals surface area contributed by atoms with E-state index in [-0.39, 0.29) is 5.91 Å². The number of unbranched alkanes of at least 4 members (excludes halogenated alkanes) is 1. The molecule has 0 aliphatic rings. The van der Waals surface area contributed by atoms with Crippen molar-refractivity contribution in [2.24, 2.45) is 0 Å².